The summed E-state index contributed by atoms with van der Waals surface area (Å²) < 4.78 is 13.0. The van der Waals surface area contributed by atoms with Crippen LogP contribution in [0.2, 0.25) is 0 Å². The molecule has 0 aliphatic rings. The third kappa shape index (κ3) is 4.55. The molecule has 0 fully saturated rings. The fourth-order valence-corrected chi connectivity index (χ4v) is 3.59. The molecule has 0 saturated heterocycles. The van der Waals surface area contributed by atoms with E-state index >= 15 is 0 Å². The highest BCUT2D eigenvalue weighted by Gasteiger charge is 2.16. The summed E-state index contributed by atoms with van der Waals surface area (Å²) in [4.78, 5) is 12.4. The van der Waals surface area contributed by atoms with E-state index in [1.54, 1.807) is 12.3 Å². The Bertz CT molecular complexity index is 1150. The SMILES string of the molecule is Cc1occc1-c1nnc(SCC(=O)Nc2cccc(Oc3ccccc3)c2)n1C. The Hall–Kier alpha value is -3.52. The van der Waals surface area contributed by atoms with E-state index < -0.39 is 0 Å². The predicted octanol–water partition coefficient (Wildman–Crippen LogP) is 4.91. The molecule has 0 aliphatic carbocycles. The van der Waals surface area contributed by atoms with Crippen molar-refractivity contribution in [2.45, 2.75) is 12.1 Å². The molecule has 0 saturated carbocycles. The molecule has 0 aliphatic heterocycles. The highest BCUT2D eigenvalue weighted by atomic mass is 32.2. The van der Waals surface area contributed by atoms with Gasteiger partial charge in [0.1, 0.15) is 17.3 Å². The van der Waals surface area contributed by atoms with Crippen LogP contribution in [0.5, 0.6) is 11.5 Å². The number of aryl methyl sites for hydroxylation is 1. The first-order valence-electron chi connectivity index (χ1n) is 9.29. The van der Waals surface area contributed by atoms with Crippen LogP contribution >= 0.6 is 11.8 Å². The lowest BCUT2D eigenvalue weighted by Crippen LogP contribution is -2.14. The molecule has 4 aromatic rings. The molecule has 152 valence electrons. The topological polar surface area (TPSA) is 82.2 Å². The van der Waals surface area contributed by atoms with Gasteiger partial charge in [0.25, 0.3) is 0 Å². The van der Waals surface area contributed by atoms with E-state index in [4.69, 9.17) is 9.15 Å². The number of rotatable bonds is 7. The Kier molecular flexibility index (Phi) is 5.85. The van der Waals surface area contributed by atoms with Gasteiger partial charge in [-0.05, 0) is 37.3 Å². The van der Waals surface area contributed by atoms with E-state index in [1.807, 2.05) is 73.1 Å². The first-order valence-corrected chi connectivity index (χ1v) is 10.3. The Morgan fingerprint density at radius 1 is 1.10 bits per heavy atom. The number of anilines is 1. The van der Waals surface area contributed by atoms with Crippen LogP contribution in [0.25, 0.3) is 11.4 Å². The van der Waals surface area contributed by atoms with Crippen molar-refractivity contribution < 1.29 is 13.9 Å². The molecular weight excluding hydrogens is 400 g/mol. The first-order chi connectivity index (χ1) is 14.6. The molecule has 0 bridgehead atoms. The van der Waals surface area contributed by atoms with Crippen molar-refractivity contribution in [2.24, 2.45) is 7.05 Å². The summed E-state index contributed by atoms with van der Waals surface area (Å²) in [5.74, 6) is 2.94. The minimum atomic E-state index is -0.138. The van der Waals surface area contributed by atoms with Crippen molar-refractivity contribution in [3.05, 3.63) is 72.7 Å². The fourth-order valence-electron chi connectivity index (χ4n) is 2.88. The predicted molar refractivity (Wildman–Crippen MR) is 116 cm³/mol. The molecule has 0 spiro atoms. The molecule has 2 aromatic carbocycles. The molecule has 8 heteroatoms. The summed E-state index contributed by atoms with van der Waals surface area (Å²) >= 11 is 1.32. The van der Waals surface area contributed by atoms with Crippen molar-refractivity contribution in [3.8, 4) is 22.9 Å². The van der Waals surface area contributed by atoms with Gasteiger partial charge in [-0.3, -0.25) is 4.79 Å². The number of carbonyl (C=O) groups is 1. The van der Waals surface area contributed by atoms with Crippen molar-refractivity contribution in [3.63, 3.8) is 0 Å². The number of nitrogens with zero attached hydrogens (tertiary/aromatic N) is 3. The largest absolute Gasteiger partial charge is 0.469 e. The zero-order chi connectivity index (χ0) is 20.9. The molecule has 7 nitrogen and oxygen atoms in total. The molecule has 2 heterocycles. The van der Waals surface area contributed by atoms with Gasteiger partial charge in [-0.1, -0.05) is 36.0 Å². The van der Waals surface area contributed by atoms with Gasteiger partial charge < -0.3 is 19.0 Å². The third-order valence-electron chi connectivity index (χ3n) is 4.36. The molecule has 0 unspecified atom stereocenters. The van der Waals surface area contributed by atoms with Gasteiger partial charge in [0.15, 0.2) is 11.0 Å². The van der Waals surface area contributed by atoms with Crippen LogP contribution in [-0.2, 0) is 11.8 Å². The number of amides is 1. The van der Waals surface area contributed by atoms with Crippen molar-refractivity contribution in [2.75, 3.05) is 11.1 Å². The van der Waals surface area contributed by atoms with Crippen LogP contribution < -0.4 is 10.1 Å². The van der Waals surface area contributed by atoms with Crippen LogP contribution in [0, 0.1) is 6.92 Å². The second kappa shape index (κ2) is 8.87. The first kappa shape index (κ1) is 19.8. The van der Waals surface area contributed by atoms with Crippen molar-refractivity contribution in [1.82, 2.24) is 14.8 Å². The van der Waals surface area contributed by atoms with E-state index in [2.05, 4.69) is 15.5 Å². The van der Waals surface area contributed by atoms with Crippen LogP contribution in [-0.4, -0.2) is 26.4 Å². The average molecular weight is 420 g/mol. The number of para-hydroxylation sites is 1. The van der Waals surface area contributed by atoms with E-state index in [0.29, 0.717) is 22.4 Å². The van der Waals surface area contributed by atoms with Crippen LogP contribution in [0.15, 0.2) is 76.5 Å². The molecule has 1 N–H and O–H groups in total. The summed E-state index contributed by atoms with van der Waals surface area (Å²) in [5.41, 5.74) is 1.55. The number of aromatic nitrogens is 3. The summed E-state index contributed by atoms with van der Waals surface area (Å²) in [6.45, 7) is 1.87. The lowest BCUT2D eigenvalue weighted by atomic mass is 10.2. The number of thioether (sulfide) groups is 1. The third-order valence-corrected chi connectivity index (χ3v) is 5.38. The van der Waals surface area contributed by atoms with E-state index in [-0.39, 0.29) is 11.7 Å². The molecular formula is C22H20N4O3S. The number of hydrogen-bond acceptors (Lipinski definition) is 6. The smallest absolute Gasteiger partial charge is 0.234 e. The van der Waals surface area contributed by atoms with Crippen LogP contribution in [0.4, 0.5) is 5.69 Å². The Morgan fingerprint density at radius 2 is 1.90 bits per heavy atom. The number of ether oxygens (including phenoxy) is 1. The Balaban J connectivity index is 1.36. The molecule has 4 rings (SSSR count). The second-order valence-corrected chi connectivity index (χ2v) is 7.48. The maximum Gasteiger partial charge on any atom is 0.234 e. The number of carbonyl (C=O) groups excluding carboxylic acids is 1. The molecule has 0 atom stereocenters. The minimum Gasteiger partial charge on any atom is -0.469 e. The average Bonchev–Trinajstić information content (AvgIpc) is 3.32. The minimum absolute atomic E-state index is 0.138. The fraction of sp³-hybridized carbons (Fsp3) is 0.136. The zero-order valence-corrected chi connectivity index (χ0v) is 17.3. The Morgan fingerprint density at radius 3 is 2.67 bits per heavy atom. The monoisotopic (exact) mass is 420 g/mol. The van der Waals surface area contributed by atoms with Gasteiger partial charge in [0, 0.05) is 18.8 Å². The standard InChI is InChI=1S/C22H20N4O3S/c1-15-19(11-12-28-15)21-24-25-22(26(21)2)30-14-20(27)23-16-7-6-10-18(13-16)29-17-8-4-3-5-9-17/h3-13H,14H2,1-2H3,(H,23,27). The van der Waals surface area contributed by atoms with Gasteiger partial charge >= 0.3 is 0 Å². The zero-order valence-electron chi connectivity index (χ0n) is 16.5. The van der Waals surface area contributed by atoms with Gasteiger partial charge in [-0.25, -0.2) is 0 Å². The maximum atomic E-state index is 12.4. The van der Waals surface area contributed by atoms with Crippen LogP contribution in [0.1, 0.15) is 5.76 Å². The normalized spacial score (nSPS) is 10.7. The van der Waals surface area contributed by atoms with Gasteiger partial charge in [0.2, 0.25) is 5.91 Å². The van der Waals surface area contributed by atoms with Gasteiger partial charge in [-0.15, -0.1) is 10.2 Å². The summed E-state index contributed by atoms with van der Waals surface area (Å²) in [5, 5.41) is 11.9. The van der Waals surface area contributed by atoms with Crippen molar-refractivity contribution in [1.29, 1.82) is 0 Å². The van der Waals surface area contributed by atoms with Gasteiger partial charge in [0.05, 0.1) is 17.6 Å². The highest BCUT2D eigenvalue weighted by molar-refractivity contribution is 7.99. The van der Waals surface area contributed by atoms with Crippen LogP contribution in [0.3, 0.4) is 0 Å². The molecule has 1 amide bonds. The summed E-state index contributed by atoms with van der Waals surface area (Å²) in [7, 11) is 1.87. The van der Waals surface area contributed by atoms with E-state index in [9.17, 15) is 4.79 Å². The molecule has 30 heavy (non-hydrogen) atoms. The number of furan rings is 1. The summed E-state index contributed by atoms with van der Waals surface area (Å²) in [6, 6.07) is 18.6. The number of benzene rings is 2. The number of hydrogen-bond donors (Lipinski definition) is 1. The lowest BCUT2D eigenvalue weighted by Gasteiger charge is -2.09. The van der Waals surface area contributed by atoms with Gasteiger partial charge in [-0.2, -0.15) is 0 Å². The quantitative estimate of drug-likeness (QED) is 0.428. The molecule has 2 aromatic heterocycles. The second-order valence-electron chi connectivity index (χ2n) is 6.54. The maximum absolute atomic E-state index is 12.4. The van der Waals surface area contributed by atoms with Crippen molar-refractivity contribution >= 4 is 23.4 Å². The highest BCUT2D eigenvalue weighted by Crippen LogP contribution is 2.27. The molecule has 0 radical (unpaired) electrons. The Labute approximate surface area is 178 Å². The summed E-state index contributed by atoms with van der Waals surface area (Å²) in [6.07, 6.45) is 1.62. The lowest BCUT2D eigenvalue weighted by molar-refractivity contribution is -0.113. The van der Waals surface area contributed by atoms with E-state index in [0.717, 1.165) is 17.1 Å². The van der Waals surface area contributed by atoms with E-state index in [1.165, 1.54) is 11.8 Å². The number of nitrogens with one attached hydrogen (secondary N) is 1.